The molecule has 0 saturated heterocycles. The van der Waals surface area contributed by atoms with Crippen molar-refractivity contribution in [2.75, 3.05) is 4.72 Å². The molecule has 0 spiro atoms. The van der Waals surface area contributed by atoms with Gasteiger partial charge in [0.15, 0.2) is 0 Å². The molecule has 2 atom stereocenters. The summed E-state index contributed by atoms with van der Waals surface area (Å²) in [5, 5.41) is 12.9. The third-order valence-electron chi connectivity index (χ3n) is 7.53. The quantitative estimate of drug-likeness (QED) is 0.594. The van der Waals surface area contributed by atoms with Crippen LogP contribution in [0.1, 0.15) is 42.5 Å². The van der Waals surface area contributed by atoms with Gasteiger partial charge < -0.3 is 10.4 Å². The largest absolute Gasteiger partial charge is 0.481 e. The molecule has 6 rings (SSSR count). The smallest absolute Gasteiger partial charge is 0.309 e. The van der Waals surface area contributed by atoms with Gasteiger partial charge in [-0.15, -0.1) is 0 Å². The van der Waals surface area contributed by atoms with Gasteiger partial charge in [0.2, 0.25) is 0 Å². The molecule has 2 unspecified atom stereocenters. The maximum absolute atomic E-state index is 14.0. The van der Waals surface area contributed by atoms with E-state index in [1.54, 1.807) is 12.1 Å². The number of carbonyl (C=O) groups is 2. The Kier molecular flexibility index (Phi) is 5.19. The molecule has 7 nitrogen and oxygen atoms in total. The Morgan fingerprint density at radius 1 is 1.00 bits per heavy atom. The number of carboxylic acids is 1. The van der Waals surface area contributed by atoms with Gasteiger partial charge in [-0.3, -0.25) is 14.3 Å². The van der Waals surface area contributed by atoms with Crippen LogP contribution < -0.4 is 10.0 Å². The van der Waals surface area contributed by atoms with Gasteiger partial charge in [-0.2, -0.15) is 0 Å². The fourth-order valence-corrected chi connectivity index (χ4v) is 7.48. The van der Waals surface area contributed by atoms with E-state index in [4.69, 9.17) is 0 Å². The number of halogens is 1. The number of hydrogen-bond acceptors (Lipinski definition) is 4. The average molecular weight is 473 g/mol. The molecule has 4 aliphatic rings. The highest BCUT2D eigenvalue weighted by Crippen LogP contribution is 2.60. The van der Waals surface area contributed by atoms with Crippen LogP contribution in [0.5, 0.6) is 0 Å². The molecule has 1 amide bonds. The standard InChI is InChI=1S/C24H25FN2O5S/c25-19-6-1-2-7-20(19)33(31,32)27-18-5-3-4-15(10-18)22(28)26-21-16-8-14-9-17(21)13-24(11-14,12-16)23(29)30/h1-7,10,14,16-17,21,27H,8-9,11-13H2,(H,26,28)(H,29,30). The van der Waals surface area contributed by atoms with E-state index in [0.717, 1.165) is 25.3 Å². The second-order valence-electron chi connectivity index (χ2n) is 9.67. The predicted molar refractivity (Wildman–Crippen MR) is 119 cm³/mol. The van der Waals surface area contributed by atoms with Gasteiger partial charge in [0, 0.05) is 17.3 Å². The summed E-state index contributed by atoms with van der Waals surface area (Å²) in [7, 11) is -4.15. The third kappa shape index (κ3) is 3.88. The number of carbonyl (C=O) groups excluding carboxylic acids is 1. The van der Waals surface area contributed by atoms with Crippen molar-refractivity contribution in [3.8, 4) is 0 Å². The lowest BCUT2D eigenvalue weighted by molar-refractivity contribution is -0.166. The molecule has 174 valence electrons. The second-order valence-corrected chi connectivity index (χ2v) is 11.3. The molecule has 33 heavy (non-hydrogen) atoms. The van der Waals surface area contributed by atoms with Crippen molar-refractivity contribution in [3.05, 3.63) is 59.9 Å². The highest BCUT2D eigenvalue weighted by atomic mass is 32.2. The maximum Gasteiger partial charge on any atom is 0.309 e. The number of nitrogens with one attached hydrogen (secondary N) is 2. The van der Waals surface area contributed by atoms with Gasteiger partial charge in [0.1, 0.15) is 10.7 Å². The number of rotatable bonds is 6. The molecule has 2 aromatic rings. The number of anilines is 1. The summed E-state index contributed by atoms with van der Waals surface area (Å²) < 4.78 is 41.4. The molecule has 3 N–H and O–H groups in total. The van der Waals surface area contributed by atoms with Crippen LogP contribution in [0, 0.1) is 29.0 Å². The lowest BCUT2D eigenvalue weighted by Crippen LogP contribution is -2.61. The normalized spacial score (nSPS) is 30.1. The number of sulfonamides is 1. The third-order valence-corrected chi connectivity index (χ3v) is 8.94. The van der Waals surface area contributed by atoms with E-state index in [1.165, 1.54) is 30.3 Å². The van der Waals surface area contributed by atoms with Crippen LogP contribution in [0.15, 0.2) is 53.4 Å². The van der Waals surface area contributed by atoms with E-state index in [2.05, 4.69) is 10.0 Å². The van der Waals surface area contributed by atoms with Crippen molar-refractivity contribution in [2.24, 2.45) is 23.2 Å². The SMILES string of the molecule is O=C(NC1C2CC3CC1CC(C(=O)O)(C3)C2)c1cccc(NS(=O)(=O)c2ccccc2F)c1. The lowest BCUT2D eigenvalue weighted by Gasteiger charge is -2.58. The maximum atomic E-state index is 14.0. The Morgan fingerprint density at radius 2 is 1.70 bits per heavy atom. The van der Waals surface area contributed by atoms with Gasteiger partial charge in [-0.1, -0.05) is 18.2 Å². The molecule has 4 bridgehead atoms. The summed E-state index contributed by atoms with van der Waals surface area (Å²) >= 11 is 0. The number of hydrogen-bond donors (Lipinski definition) is 3. The van der Waals surface area contributed by atoms with Crippen molar-refractivity contribution in [1.29, 1.82) is 0 Å². The van der Waals surface area contributed by atoms with Crippen LogP contribution >= 0.6 is 0 Å². The molecule has 0 heterocycles. The molecular weight excluding hydrogens is 447 g/mol. The number of benzene rings is 2. The zero-order chi connectivity index (χ0) is 23.4. The summed E-state index contributed by atoms with van der Waals surface area (Å²) in [6, 6.07) is 11.1. The van der Waals surface area contributed by atoms with Crippen LogP contribution in [0.4, 0.5) is 10.1 Å². The van der Waals surface area contributed by atoms with Gasteiger partial charge >= 0.3 is 5.97 Å². The Morgan fingerprint density at radius 3 is 2.36 bits per heavy atom. The van der Waals surface area contributed by atoms with Crippen molar-refractivity contribution in [1.82, 2.24) is 5.32 Å². The zero-order valence-corrected chi connectivity index (χ0v) is 18.6. The Hall–Kier alpha value is -2.94. The molecule has 9 heteroatoms. The molecule has 4 saturated carbocycles. The molecule has 0 aliphatic heterocycles. The summed E-state index contributed by atoms with van der Waals surface area (Å²) in [6.45, 7) is 0. The van der Waals surface area contributed by atoms with E-state index in [1.807, 2.05) is 0 Å². The van der Waals surface area contributed by atoms with Crippen LogP contribution in [-0.2, 0) is 14.8 Å². The lowest BCUT2D eigenvalue weighted by atomic mass is 9.48. The summed E-state index contributed by atoms with van der Waals surface area (Å²) in [4.78, 5) is 24.5. The Labute approximate surface area is 191 Å². The van der Waals surface area contributed by atoms with Crippen LogP contribution in [0.2, 0.25) is 0 Å². The number of amides is 1. The van der Waals surface area contributed by atoms with E-state index in [0.29, 0.717) is 18.8 Å². The van der Waals surface area contributed by atoms with Crippen molar-refractivity contribution in [2.45, 2.75) is 43.0 Å². The topological polar surface area (TPSA) is 113 Å². The fraction of sp³-hybridized carbons (Fsp3) is 0.417. The predicted octanol–water partition coefficient (Wildman–Crippen LogP) is 3.64. The Balaban J connectivity index is 1.31. The minimum absolute atomic E-state index is 0.0831. The summed E-state index contributed by atoms with van der Waals surface area (Å²) in [6.07, 6.45) is 3.77. The first-order valence-electron chi connectivity index (χ1n) is 11.1. The first-order valence-corrected chi connectivity index (χ1v) is 12.6. The average Bonchev–Trinajstić information content (AvgIpc) is 2.75. The van der Waals surface area contributed by atoms with E-state index in [9.17, 15) is 27.5 Å². The van der Waals surface area contributed by atoms with Gasteiger partial charge in [-0.25, -0.2) is 12.8 Å². The van der Waals surface area contributed by atoms with Gasteiger partial charge in [0.05, 0.1) is 5.41 Å². The van der Waals surface area contributed by atoms with Gasteiger partial charge in [-0.05, 0) is 80.2 Å². The molecule has 4 aliphatic carbocycles. The van der Waals surface area contributed by atoms with E-state index in [-0.39, 0.29) is 35.0 Å². The molecule has 2 aromatic carbocycles. The second kappa shape index (κ2) is 7.83. The first-order chi connectivity index (χ1) is 15.7. The van der Waals surface area contributed by atoms with Crippen LogP contribution in [0.25, 0.3) is 0 Å². The highest BCUT2D eigenvalue weighted by molar-refractivity contribution is 7.92. The van der Waals surface area contributed by atoms with Crippen molar-refractivity contribution < 1.29 is 27.5 Å². The molecular formula is C24H25FN2O5S. The minimum atomic E-state index is -4.15. The van der Waals surface area contributed by atoms with Crippen LogP contribution in [0.3, 0.4) is 0 Å². The van der Waals surface area contributed by atoms with Crippen molar-refractivity contribution in [3.63, 3.8) is 0 Å². The fourth-order valence-electron chi connectivity index (χ4n) is 6.35. The number of carboxylic acid groups (broad SMARTS) is 1. The number of aliphatic carboxylic acids is 1. The minimum Gasteiger partial charge on any atom is -0.481 e. The molecule has 4 fully saturated rings. The van der Waals surface area contributed by atoms with Crippen molar-refractivity contribution >= 4 is 27.6 Å². The highest BCUT2D eigenvalue weighted by Gasteiger charge is 2.58. The zero-order valence-electron chi connectivity index (χ0n) is 17.8. The Bertz CT molecular complexity index is 1210. The summed E-state index contributed by atoms with van der Waals surface area (Å²) in [5.41, 5.74) is -0.214. The molecule has 0 radical (unpaired) electrons. The first kappa shape index (κ1) is 21.9. The van der Waals surface area contributed by atoms with E-state index >= 15 is 0 Å². The van der Waals surface area contributed by atoms with E-state index < -0.39 is 32.1 Å². The van der Waals surface area contributed by atoms with Crippen LogP contribution in [-0.4, -0.2) is 31.4 Å². The monoisotopic (exact) mass is 472 g/mol. The molecule has 0 aromatic heterocycles. The summed E-state index contributed by atoms with van der Waals surface area (Å²) in [5.74, 6) is -1.23. The van der Waals surface area contributed by atoms with Gasteiger partial charge in [0.25, 0.3) is 15.9 Å².